The van der Waals surface area contributed by atoms with Crippen LogP contribution in [0.15, 0.2) is 30.5 Å². The summed E-state index contributed by atoms with van der Waals surface area (Å²) in [4.78, 5) is 0. The lowest BCUT2D eigenvalue weighted by atomic mass is 10.2. The molecule has 0 aliphatic heterocycles. The Morgan fingerprint density at radius 2 is 2.29 bits per heavy atom. The number of anilines is 1. The second kappa shape index (κ2) is 4.46. The first-order chi connectivity index (χ1) is 6.69. The highest BCUT2D eigenvalue weighted by Crippen LogP contribution is 2.28. The molecule has 0 bridgehead atoms. The first kappa shape index (κ1) is 10.3. The maximum absolute atomic E-state index is 7.21. The highest BCUT2D eigenvalue weighted by molar-refractivity contribution is 5.85. The Kier molecular flexibility index (Phi) is 3.29. The van der Waals surface area contributed by atoms with Crippen molar-refractivity contribution in [2.24, 2.45) is 0 Å². The average Bonchev–Trinajstić information content (AvgIpc) is 2.16. The van der Waals surface area contributed by atoms with E-state index in [1.165, 1.54) is 6.21 Å². The molecule has 3 nitrogen and oxygen atoms in total. The third-order valence-corrected chi connectivity index (χ3v) is 1.75. The molecule has 1 rings (SSSR count). The molecule has 0 saturated heterocycles. The number of methoxy groups -OCH3 is 1. The SMILES string of the molecule is C=C(C)Nc1cccc(C=N)c1OC. The monoisotopic (exact) mass is 190 g/mol. The Morgan fingerprint density at radius 3 is 2.79 bits per heavy atom. The predicted molar refractivity (Wildman–Crippen MR) is 59.3 cm³/mol. The van der Waals surface area contributed by atoms with Crippen LogP contribution in [0.5, 0.6) is 5.75 Å². The zero-order chi connectivity index (χ0) is 10.6. The fraction of sp³-hybridized carbons (Fsp3) is 0.182. The lowest BCUT2D eigenvalue weighted by Gasteiger charge is -2.12. The van der Waals surface area contributed by atoms with Crippen LogP contribution in [0.1, 0.15) is 12.5 Å². The molecule has 0 aliphatic carbocycles. The van der Waals surface area contributed by atoms with E-state index in [1.54, 1.807) is 7.11 Å². The van der Waals surface area contributed by atoms with Gasteiger partial charge in [0.05, 0.1) is 12.8 Å². The number of benzene rings is 1. The maximum atomic E-state index is 7.21. The van der Waals surface area contributed by atoms with Crippen molar-refractivity contribution < 1.29 is 4.74 Å². The molecule has 0 saturated carbocycles. The minimum absolute atomic E-state index is 0.672. The van der Waals surface area contributed by atoms with Crippen LogP contribution in [-0.2, 0) is 0 Å². The zero-order valence-electron chi connectivity index (χ0n) is 8.42. The molecular weight excluding hydrogens is 176 g/mol. The molecule has 0 spiro atoms. The van der Waals surface area contributed by atoms with Crippen molar-refractivity contribution in [1.29, 1.82) is 5.41 Å². The third kappa shape index (κ3) is 2.13. The summed E-state index contributed by atoms with van der Waals surface area (Å²) in [5.41, 5.74) is 2.42. The van der Waals surface area contributed by atoms with E-state index in [1.807, 2.05) is 25.1 Å². The van der Waals surface area contributed by atoms with Crippen LogP contribution < -0.4 is 10.1 Å². The number of ether oxygens (including phenoxy) is 1. The maximum Gasteiger partial charge on any atom is 0.151 e. The van der Waals surface area contributed by atoms with Crippen LogP contribution in [0.25, 0.3) is 0 Å². The Bertz CT molecular complexity index is 358. The molecule has 0 amide bonds. The van der Waals surface area contributed by atoms with Gasteiger partial charge in [-0.15, -0.1) is 0 Å². The van der Waals surface area contributed by atoms with E-state index in [4.69, 9.17) is 10.1 Å². The van der Waals surface area contributed by atoms with E-state index in [0.717, 1.165) is 16.9 Å². The smallest absolute Gasteiger partial charge is 0.151 e. The van der Waals surface area contributed by atoms with E-state index in [0.29, 0.717) is 5.75 Å². The van der Waals surface area contributed by atoms with Gasteiger partial charge in [0.25, 0.3) is 0 Å². The summed E-state index contributed by atoms with van der Waals surface area (Å²) in [5, 5.41) is 10.3. The molecule has 74 valence electrons. The Morgan fingerprint density at radius 1 is 1.57 bits per heavy atom. The Hall–Kier alpha value is -1.77. The van der Waals surface area contributed by atoms with Crippen LogP contribution >= 0.6 is 0 Å². The molecular formula is C11H14N2O. The van der Waals surface area contributed by atoms with Gasteiger partial charge < -0.3 is 15.5 Å². The van der Waals surface area contributed by atoms with Crippen LogP contribution in [0.3, 0.4) is 0 Å². The van der Waals surface area contributed by atoms with Crippen LogP contribution in [0.2, 0.25) is 0 Å². The molecule has 0 unspecified atom stereocenters. The Labute approximate surface area is 83.9 Å². The van der Waals surface area contributed by atoms with Crippen molar-refractivity contribution in [3.05, 3.63) is 36.0 Å². The van der Waals surface area contributed by atoms with Gasteiger partial charge >= 0.3 is 0 Å². The average molecular weight is 190 g/mol. The molecule has 14 heavy (non-hydrogen) atoms. The summed E-state index contributed by atoms with van der Waals surface area (Å²) in [6.45, 7) is 5.63. The molecule has 0 aliphatic rings. The van der Waals surface area contributed by atoms with Crippen molar-refractivity contribution in [3.63, 3.8) is 0 Å². The fourth-order valence-corrected chi connectivity index (χ4v) is 1.22. The number of para-hydroxylation sites is 1. The van der Waals surface area contributed by atoms with Gasteiger partial charge in [-0.2, -0.15) is 0 Å². The largest absolute Gasteiger partial charge is 0.494 e. The van der Waals surface area contributed by atoms with Gasteiger partial charge in [-0.25, -0.2) is 0 Å². The van der Waals surface area contributed by atoms with E-state index in [-0.39, 0.29) is 0 Å². The molecule has 1 aromatic carbocycles. The van der Waals surface area contributed by atoms with Crippen molar-refractivity contribution in [3.8, 4) is 5.75 Å². The number of hydrogen-bond donors (Lipinski definition) is 2. The van der Waals surface area contributed by atoms with E-state index >= 15 is 0 Å². The van der Waals surface area contributed by atoms with Crippen LogP contribution in [0.4, 0.5) is 5.69 Å². The van der Waals surface area contributed by atoms with Crippen molar-refractivity contribution >= 4 is 11.9 Å². The summed E-state index contributed by atoms with van der Waals surface area (Å²) >= 11 is 0. The molecule has 3 heteroatoms. The highest BCUT2D eigenvalue weighted by Gasteiger charge is 2.06. The summed E-state index contributed by atoms with van der Waals surface area (Å²) in [5.74, 6) is 0.672. The number of hydrogen-bond acceptors (Lipinski definition) is 3. The number of rotatable bonds is 4. The summed E-state index contributed by atoms with van der Waals surface area (Å²) in [6, 6.07) is 5.59. The molecule has 0 radical (unpaired) electrons. The second-order valence-corrected chi connectivity index (χ2v) is 2.98. The standard InChI is InChI=1S/C11H14N2O/c1-8(2)13-10-6-4-5-9(7-12)11(10)14-3/h4-7,12-13H,1H2,2-3H3. The van der Waals surface area contributed by atoms with Crippen LogP contribution in [-0.4, -0.2) is 13.3 Å². The molecule has 0 atom stereocenters. The fourth-order valence-electron chi connectivity index (χ4n) is 1.22. The zero-order valence-corrected chi connectivity index (χ0v) is 8.42. The molecule has 1 aromatic rings. The molecule has 0 heterocycles. The summed E-state index contributed by atoms with van der Waals surface area (Å²) in [7, 11) is 1.59. The minimum Gasteiger partial charge on any atom is -0.494 e. The third-order valence-electron chi connectivity index (χ3n) is 1.75. The molecule has 0 fully saturated rings. The van der Waals surface area contributed by atoms with Gasteiger partial charge in [0.15, 0.2) is 5.75 Å². The van der Waals surface area contributed by atoms with E-state index in [2.05, 4.69) is 11.9 Å². The van der Waals surface area contributed by atoms with Gasteiger partial charge in [-0.3, -0.25) is 0 Å². The lowest BCUT2D eigenvalue weighted by Crippen LogP contribution is -1.99. The highest BCUT2D eigenvalue weighted by atomic mass is 16.5. The summed E-state index contributed by atoms with van der Waals surface area (Å²) < 4.78 is 5.21. The van der Waals surface area contributed by atoms with Gasteiger partial charge in [0.1, 0.15) is 0 Å². The van der Waals surface area contributed by atoms with Gasteiger partial charge in [0, 0.05) is 17.5 Å². The van der Waals surface area contributed by atoms with E-state index < -0.39 is 0 Å². The van der Waals surface area contributed by atoms with Crippen LogP contribution in [0, 0.1) is 5.41 Å². The normalized spacial score (nSPS) is 9.29. The topological polar surface area (TPSA) is 45.1 Å². The van der Waals surface area contributed by atoms with E-state index in [9.17, 15) is 0 Å². The molecule has 2 N–H and O–H groups in total. The molecule has 0 aromatic heterocycles. The van der Waals surface area contributed by atoms with Crippen molar-refractivity contribution in [2.75, 3.05) is 12.4 Å². The minimum atomic E-state index is 0.672. The second-order valence-electron chi connectivity index (χ2n) is 2.98. The quantitative estimate of drug-likeness (QED) is 0.717. The van der Waals surface area contributed by atoms with Gasteiger partial charge in [0.2, 0.25) is 0 Å². The van der Waals surface area contributed by atoms with Gasteiger partial charge in [-0.1, -0.05) is 12.6 Å². The summed E-state index contributed by atoms with van der Waals surface area (Å²) in [6.07, 6.45) is 1.27. The van der Waals surface area contributed by atoms with Gasteiger partial charge in [-0.05, 0) is 19.1 Å². The van der Waals surface area contributed by atoms with Crippen molar-refractivity contribution in [1.82, 2.24) is 0 Å². The first-order valence-corrected chi connectivity index (χ1v) is 4.29. The van der Waals surface area contributed by atoms with Crippen molar-refractivity contribution in [2.45, 2.75) is 6.92 Å². The predicted octanol–water partition coefficient (Wildman–Crippen LogP) is 2.64. The lowest BCUT2D eigenvalue weighted by molar-refractivity contribution is 0.416. The first-order valence-electron chi connectivity index (χ1n) is 4.29. The Balaban J connectivity index is 3.14. The number of allylic oxidation sites excluding steroid dienone is 1. The number of nitrogens with one attached hydrogen (secondary N) is 2.